The molecule has 3 aromatic rings. The second-order valence-corrected chi connectivity index (χ2v) is 7.56. The first kappa shape index (κ1) is 21.3. The average Bonchev–Trinajstić information content (AvgIpc) is 3.12. The number of rotatable bonds is 10. The van der Waals surface area contributed by atoms with Crippen molar-refractivity contribution < 1.29 is 9.53 Å². The van der Waals surface area contributed by atoms with Gasteiger partial charge >= 0.3 is 0 Å². The molecule has 0 unspecified atom stereocenters. The number of amides is 1. The van der Waals surface area contributed by atoms with Gasteiger partial charge in [0.05, 0.1) is 30.3 Å². The summed E-state index contributed by atoms with van der Waals surface area (Å²) >= 11 is 7.31. The van der Waals surface area contributed by atoms with Gasteiger partial charge in [-0.05, 0) is 17.9 Å². The zero-order valence-electron chi connectivity index (χ0n) is 16.2. The van der Waals surface area contributed by atoms with E-state index in [1.54, 1.807) is 41.9 Å². The summed E-state index contributed by atoms with van der Waals surface area (Å²) in [5.41, 5.74) is 1.17. The Morgan fingerprint density at radius 3 is 2.86 bits per heavy atom. The van der Waals surface area contributed by atoms with Gasteiger partial charge in [0.1, 0.15) is 11.0 Å². The molecule has 0 saturated heterocycles. The number of carbonyl (C=O) groups is 1. The molecule has 0 aromatic carbocycles. The normalized spacial score (nSPS) is 11.0. The van der Waals surface area contributed by atoms with Crippen LogP contribution in [0.3, 0.4) is 0 Å². The fourth-order valence-corrected chi connectivity index (χ4v) is 3.26. The Hall–Kier alpha value is -2.43. The van der Waals surface area contributed by atoms with E-state index in [1.165, 1.54) is 6.20 Å². The lowest BCUT2D eigenvalue weighted by Crippen LogP contribution is -2.27. The Labute approximate surface area is 177 Å². The van der Waals surface area contributed by atoms with E-state index in [-0.39, 0.29) is 5.91 Å². The maximum absolute atomic E-state index is 12.2. The molecule has 3 aromatic heterocycles. The number of aromatic nitrogens is 5. The number of hydrogen-bond acceptors (Lipinski definition) is 8. The second kappa shape index (κ2) is 10.4. The van der Waals surface area contributed by atoms with E-state index in [2.05, 4.69) is 37.6 Å². The number of hydrogen-bond donors (Lipinski definition) is 2. The van der Waals surface area contributed by atoms with Crippen molar-refractivity contribution >= 4 is 46.1 Å². The molecule has 0 aliphatic heterocycles. The zero-order chi connectivity index (χ0) is 20.6. The van der Waals surface area contributed by atoms with E-state index >= 15 is 0 Å². The number of anilines is 1. The summed E-state index contributed by atoms with van der Waals surface area (Å²) in [5.74, 6) is 1.37. The molecule has 2 N–H and O–H groups in total. The summed E-state index contributed by atoms with van der Waals surface area (Å²) in [6, 6.07) is 3.22. The van der Waals surface area contributed by atoms with Crippen molar-refractivity contribution in [1.82, 2.24) is 30.0 Å². The van der Waals surface area contributed by atoms with Crippen LogP contribution in [0.1, 0.15) is 17.3 Å². The summed E-state index contributed by atoms with van der Waals surface area (Å²) in [6.07, 6.45) is 3.18. The molecule has 0 saturated carbocycles. The van der Waals surface area contributed by atoms with Gasteiger partial charge in [-0.25, -0.2) is 19.6 Å². The van der Waals surface area contributed by atoms with Crippen LogP contribution in [-0.4, -0.2) is 63.2 Å². The third-order valence-electron chi connectivity index (χ3n) is 3.95. The van der Waals surface area contributed by atoms with Crippen LogP contribution in [0.4, 0.5) is 5.82 Å². The summed E-state index contributed by atoms with van der Waals surface area (Å²) in [7, 11) is 1.65. The van der Waals surface area contributed by atoms with Gasteiger partial charge in [0.2, 0.25) is 0 Å². The van der Waals surface area contributed by atoms with Gasteiger partial charge in [-0.1, -0.05) is 30.3 Å². The van der Waals surface area contributed by atoms with Crippen molar-refractivity contribution in [3.63, 3.8) is 0 Å². The molecule has 0 fully saturated rings. The largest absolute Gasteiger partial charge is 0.383 e. The molecular formula is C18H22ClN7O2S. The van der Waals surface area contributed by atoms with Gasteiger partial charge in [0.15, 0.2) is 10.8 Å². The highest BCUT2D eigenvalue weighted by Crippen LogP contribution is 2.24. The minimum Gasteiger partial charge on any atom is -0.383 e. The number of pyridine rings is 1. The lowest BCUT2D eigenvalue weighted by atomic mass is 10.3. The molecule has 11 heteroatoms. The fraction of sp³-hybridized carbons (Fsp3) is 0.389. The Morgan fingerprint density at radius 2 is 2.14 bits per heavy atom. The maximum Gasteiger partial charge on any atom is 0.252 e. The van der Waals surface area contributed by atoms with Crippen LogP contribution in [0, 0.1) is 0 Å². The number of methoxy groups -OCH3 is 1. The molecule has 3 rings (SSSR count). The molecule has 0 radical (unpaired) electrons. The van der Waals surface area contributed by atoms with Crippen LogP contribution in [0.25, 0.3) is 11.0 Å². The topological polar surface area (TPSA) is 107 Å². The van der Waals surface area contributed by atoms with Crippen molar-refractivity contribution in [3.05, 3.63) is 35.2 Å². The minimum absolute atomic E-state index is 0.218. The van der Waals surface area contributed by atoms with Gasteiger partial charge in [-0.3, -0.25) is 4.79 Å². The monoisotopic (exact) mass is 435 g/mol. The van der Waals surface area contributed by atoms with Crippen LogP contribution >= 0.6 is 23.4 Å². The number of nitrogens with zero attached hydrogens (tertiary/aromatic N) is 5. The molecule has 0 bridgehead atoms. The zero-order valence-corrected chi connectivity index (χ0v) is 17.8. The summed E-state index contributed by atoms with van der Waals surface area (Å²) in [5, 5.41) is 12.4. The SMILES string of the molecule is CCSc1nc(NCCOC)c2cnn(CCNC(=O)c3ccc(Cl)nc3)c2n1. The summed E-state index contributed by atoms with van der Waals surface area (Å²) < 4.78 is 6.86. The van der Waals surface area contributed by atoms with Crippen molar-refractivity contribution in [1.29, 1.82) is 0 Å². The summed E-state index contributed by atoms with van der Waals surface area (Å²) in [4.78, 5) is 25.3. The van der Waals surface area contributed by atoms with Crippen molar-refractivity contribution in [2.45, 2.75) is 18.6 Å². The van der Waals surface area contributed by atoms with E-state index < -0.39 is 0 Å². The van der Waals surface area contributed by atoms with E-state index in [1.807, 2.05) is 0 Å². The van der Waals surface area contributed by atoms with Crippen LogP contribution < -0.4 is 10.6 Å². The van der Waals surface area contributed by atoms with E-state index in [0.29, 0.717) is 42.1 Å². The van der Waals surface area contributed by atoms with Crippen LogP contribution in [-0.2, 0) is 11.3 Å². The molecule has 154 valence electrons. The number of ether oxygens (including phenoxy) is 1. The smallest absolute Gasteiger partial charge is 0.252 e. The van der Waals surface area contributed by atoms with Gasteiger partial charge in [-0.15, -0.1) is 0 Å². The highest BCUT2D eigenvalue weighted by molar-refractivity contribution is 7.99. The molecule has 9 nitrogen and oxygen atoms in total. The van der Waals surface area contributed by atoms with E-state index in [9.17, 15) is 4.79 Å². The third kappa shape index (κ3) is 5.55. The van der Waals surface area contributed by atoms with Gasteiger partial charge in [0, 0.05) is 26.4 Å². The quantitative estimate of drug-likeness (QED) is 0.216. The molecule has 29 heavy (non-hydrogen) atoms. The maximum atomic E-state index is 12.2. The van der Waals surface area contributed by atoms with Crippen molar-refractivity contribution in [2.75, 3.05) is 37.9 Å². The molecule has 0 spiro atoms. The van der Waals surface area contributed by atoms with Crippen LogP contribution in [0.2, 0.25) is 5.15 Å². The minimum atomic E-state index is -0.218. The van der Waals surface area contributed by atoms with Gasteiger partial charge in [-0.2, -0.15) is 5.10 Å². The molecule has 0 atom stereocenters. The average molecular weight is 436 g/mol. The molecule has 0 aliphatic carbocycles. The first-order chi connectivity index (χ1) is 14.1. The number of carbonyl (C=O) groups excluding carboxylic acids is 1. The van der Waals surface area contributed by atoms with Gasteiger partial charge in [0.25, 0.3) is 5.91 Å². The molecular weight excluding hydrogens is 414 g/mol. The Bertz CT molecular complexity index is 965. The number of halogens is 1. The lowest BCUT2D eigenvalue weighted by molar-refractivity contribution is 0.0951. The summed E-state index contributed by atoms with van der Waals surface area (Å²) in [6.45, 7) is 4.12. The fourth-order valence-electron chi connectivity index (χ4n) is 2.59. The van der Waals surface area contributed by atoms with Crippen LogP contribution in [0.5, 0.6) is 0 Å². The standard InChI is InChI=1S/C18H22ClN7O2S/c1-3-29-18-24-15(20-7-9-28-2)13-11-23-26(16(13)25-18)8-6-21-17(27)12-4-5-14(19)22-10-12/h4-5,10-11H,3,6-9H2,1-2H3,(H,21,27)(H,20,24,25). The Balaban J connectivity index is 1.71. The molecule has 3 heterocycles. The Morgan fingerprint density at radius 1 is 1.28 bits per heavy atom. The number of thioether (sulfide) groups is 1. The van der Waals surface area contributed by atoms with E-state index in [0.717, 1.165) is 22.6 Å². The van der Waals surface area contributed by atoms with E-state index in [4.69, 9.17) is 16.3 Å². The first-order valence-corrected chi connectivity index (χ1v) is 10.5. The first-order valence-electron chi connectivity index (χ1n) is 9.11. The van der Waals surface area contributed by atoms with Crippen molar-refractivity contribution in [3.8, 4) is 0 Å². The van der Waals surface area contributed by atoms with Crippen LogP contribution in [0.15, 0.2) is 29.7 Å². The second-order valence-electron chi connectivity index (χ2n) is 5.94. The number of fused-ring (bicyclic) bond motifs is 1. The predicted octanol–water partition coefficient (Wildman–Crippen LogP) is 2.48. The number of nitrogens with one attached hydrogen (secondary N) is 2. The van der Waals surface area contributed by atoms with Crippen molar-refractivity contribution in [2.24, 2.45) is 0 Å². The predicted molar refractivity (Wildman–Crippen MR) is 114 cm³/mol. The Kier molecular flexibility index (Phi) is 7.62. The highest BCUT2D eigenvalue weighted by Gasteiger charge is 2.13. The lowest BCUT2D eigenvalue weighted by Gasteiger charge is -2.09. The highest BCUT2D eigenvalue weighted by atomic mass is 35.5. The third-order valence-corrected chi connectivity index (χ3v) is 4.90. The molecule has 0 aliphatic rings. The van der Waals surface area contributed by atoms with Gasteiger partial charge < -0.3 is 15.4 Å². The molecule has 1 amide bonds.